The molecule has 1 aliphatic heterocycles. The second kappa shape index (κ2) is 18.7. The van der Waals surface area contributed by atoms with Crippen LogP contribution in [0.1, 0.15) is 58.2 Å². The number of fused-ring (bicyclic) bond motifs is 1. The van der Waals surface area contributed by atoms with Crippen molar-refractivity contribution in [2.24, 2.45) is 5.73 Å². The Morgan fingerprint density at radius 3 is 2.15 bits per heavy atom. The summed E-state index contributed by atoms with van der Waals surface area (Å²) >= 11 is 0. The standard InChI is InChI=1S/C42H49N5O6/c1-28-21-34(48)22-29(2)35(28)24-36(43)41(51)47-26-33-18-10-9-17-32(33)23-38(47)40(50)44-20-12-11-19-37(39(49)45-25-30-13-5-3-6-14-30)46-42(52)53-27-31-15-7-4-8-16-31/h3-10,13-18,21-22,36-38,48H,11-12,19-20,23-27,43H2,1-2H3,(H,44,50)(H,45,49)(H,46,52)/t36-,37-,38-/m0/s1. The lowest BCUT2D eigenvalue weighted by Crippen LogP contribution is -2.56. The predicted octanol–water partition coefficient (Wildman–Crippen LogP) is 4.73. The molecule has 4 amide bonds. The second-order valence-corrected chi connectivity index (χ2v) is 13.6. The summed E-state index contributed by atoms with van der Waals surface area (Å²) < 4.78 is 5.38. The molecule has 0 bridgehead atoms. The van der Waals surface area contributed by atoms with Gasteiger partial charge >= 0.3 is 6.09 Å². The highest BCUT2D eigenvalue weighted by molar-refractivity contribution is 5.91. The van der Waals surface area contributed by atoms with Crippen molar-refractivity contribution in [2.75, 3.05) is 6.54 Å². The van der Waals surface area contributed by atoms with Gasteiger partial charge in [-0.15, -0.1) is 0 Å². The number of nitrogens with two attached hydrogens (primary N) is 1. The molecule has 1 aliphatic rings. The molecule has 0 unspecified atom stereocenters. The highest BCUT2D eigenvalue weighted by atomic mass is 16.5. The van der Waals surface area contributed by atoms with Gasteiger partial charge in [0, 0.05) is 26.1 Å². The van der Waals surface area contributed by atoms with Crippen LogP contribution in [-0.2, 0) is 51.7 Å². The van der Waals surface area contributed by atoms with Gasteiger partial charge in [-0.25, -0.2) is 4.79 Å². The van der Waals surface area contributed by atoms with Gasteiger partial charge in [0.05, 0.1) is 6.04 Å². The molecule has 3 atom stereocenters. The number of hydrogen-bond acceptors (Lipinski definition) is 7. The number of alkyl carbamates (subject to hydrolysis) is 1. The Bertz CT molecular complexity index is 1850. The summed E-state index contributed by atoms with van der Waals surface area (Å²) in [6, 6.07) is 27.4. The fraction of sp³-hybridized carbons (Fsp3) is 0.333. The number of rotatable bonds is 15. The molecule has 0 fully saturated rings. The first-order chi connectivity index (χ1) is 25.6. The Hall–Kier alpha value is -5.68. The maximum absolute atomic E-state index is 13.9. The van der Waals surface area contributed by atoms with Crippen molar-refractivity contribution in [3.8, 4) is 5.75 Å². The Morgan fingerprint density at radius 2 is 1.47 bits per heavy atom. The van der Waals surface area contributed by atoms with Crippen molar-refractivity contribution in [3.63, 3.8) is 0 Å². The van der Waals surface area contributed by atoms with Crippen LogP contribution < -0.4 is 21.7 Å². The molecule has 4 aromatic carbocycles. The zero-order valence-corrected chi connectivity index (χ0v) is 30.3. The summed E-state index contributed by atoms with van der Waals surface area (Å²) in [6.45, 7) is 4.71. The van der Waals surface area contributed by atoms with Crippen molar-refractivity contribution < 1.29 is 29.0 Å². The first-order valence-electron chi connectivity index (χ1n) is 18.1. The normalized spacial score (nSPS) is 14.7. The Balaban J connectivity index is 1.17. The van der Waals surface area contributed by atoms with E-state index in [2.05, 4.69) is 16.0 Å². The zero-order chi connectivity index (χ0) is 37.7. The number of nitrogens with zero attached hydrogens (tertiary/aromatic N) is 1. The number of hydrogen-bond donors (Lipinski definition) is 5. The molecule has 53 heavy (non-hydrogen) atoms. The average molecular weight is 720 g/mol. The molecule has 1 heterocycles. The minimum absolute atomic E-state index is 0.0726. The van der Waals surface area contributed by atoms with E-state index in [1.165, 1.54) is 0 Å². The van der Waals surface area contributed by atoms with E-state index in [1.54, 1.807) is 17.0 Å². The van der Waals surface area contributed by atoms with E-state index < -0.39 is 24.2 Å². The molecule has 0 spiro atoms. The highest BCUT2D eigenvalue weighted by Crippen LogP contribution is 2.26. The van der Waals surface area contributed by atoms with Gasteiger partial charge < -0.3 is 36.4 Å². The number of nitrogens with one attached hydrogen (secondary N) is 3. The van der Waals surface area contributed by atoms with E-state index in [9.17, 15) is 24.3 Å². The van der Waals surface area contributed by atoms with E-state index in [-0.39, 0.29) is 43.0 Å². The fourth-order valence-corrected chi connectivity index (χ4v) is 6.69. The Kier molecular flexibility index (Phi) is 13.6. The van der Waals surface area contributed by atoms with Crippen LogP contribution in [0.25, 0.3) is 0 Å². The minimum atomic E-state index is -0.880. The monoisotopic (exact) mass is 719 g/mol. The third-order valence-electron chi connectivity index (χ3n) is 9.61. The van der Waals surface area contributed by atoms with E-state index >= 15 is 0 Å². The van der Waals surface area contributed by atoms with Crippen LogP contribution in [0, 0.1) is 13.8 Å². The largest absolute Gasteiger partial charge is 0.508 e. The van der Waals surface area contributed by atoms with Gasteiger partial charge in [0.2, 0.25) is 17.7 Å². The summed E-state index contributed by atoms with van der Waals surface area (Å²) in [4.78, 5) is 55.1. The predicted molar refractivity (Wildman–Crippen MR) is 202 cm³/mol. The van der Waals surface area contributed by atoms with Crippen LogP contribution in [0.3, 0.4) is 0 Å². The lowest BCUT2D eigenvalue weighted by Gasteiger charge is -2.37. The molecule has 11 heteroatoms. The molecule has 0 aromatic heterocycles. The molecule has 0 aliphatic carbocycles. The summed E-state index contributed by atoms with van der Waals surface area (Å²) in [5.74, 6) is -0.774. The van der Waals surface area contributed by atoms with Crippen molar-refractivity contribution in [2.45, 2.75) is 83.8 Å². The number of aryl methyl sites for hydroxylation is 2. The number of amides is 4. The summed E-state index contributed by atoms with van der Waals surface area (Å²) in [5, 5.41) is 18.6. The molecule has 0 saturated carbocycles. The van der Waals surface area contributed by atoms with Crippen LogP contribution in [0.15, 0.2) is 97.1 Å². The summed E-state index contributed by atoms with van der Waals surface area (Å²) in [5.41, 5.74) is 12.8. The maximum Gasteiger partial charge on any atom is 0.408 e. The third-order valence-corrected chi connectivity index (χ3v) is 9.61. The third kappa shape index (κ3) is 10.9. The van der Waals surface area contributed by atoms with E-state index in [4.69, 9.17) is 10.5 Å². The number of aromatic hydroxyl groups is 1. The quantitative estimate of drug-likeness (QED) is 0.111. The summed E-state index contributed by atoms with van der Waals surface area (Å²) in [7, 11) is 0. The van der Waals surface area contributed by atoms with Crippen LogP contribution in [0.2, 0.25) is 0 Å². The van der Waals surface area contributed by atoms with Crippen LogP contribution in [0.5, 0.6) is 5.75 Å². The number of phenols is 1. The van der Waals surface area contributed by atoms with Gasteiger partial charge in [0.25, 0.3) is 0 Å². The van der Waals surface area contributed by atoms with Gasteiger partial charge in [-0.05, 0) is 90.6 Å². The van der Waals surface area contributed by atoms with Gasteiger partial charge in [0.1, 0.15) is 24.4 Å². The lowest BCUT2D eigenvalue weighted by atomic mass is 9.91. The van der Waals surface area contributed by atoms with E-state index in [0.29, 0.717) is 38.8 Å². The van der Waals surface area contributed by atoms with Gasteiger partial charge in [-0.1, -0.05) is 84.9 Å². The van der Waals surface area contributed by atoms with Crippen LogP contribution >= 0.6 is 0 Å². The van der Waals surface area contributed by atoms with Gasteiger partial charge in [-0.2, -0.15) is 0 Å². The number of unbranched alkanes of at least 4 members (excludes halogenated alkanes) is 1. The van der Waals surface area contributed by atoms with Crippen molar-refractivity contribution in [1.82, 2.24) is 20.9 Å². The molecular weight excluding hydrogens is 670 g/mol. The molecule has 11 nitrogen and oxygen atoms in total. The zero-order valence-electron chi connectivity index (χ0n) is 30.3. The Labute approximate surface area is 310 Å². The fourth-order valence-electron chi connectivity index (χ4n) is 6.69. The highest BCUT2D eigenvalue weighted by Gasteiger charge is 2.36. The average Bonchev–Trinajstić information content (AvgIpc) is 3.16. The minimum Gasteiger partial charge on any atom is -0.508 e. The molecule has 278 valence electrons. The van der Waals surface area contributed by atoms with Gasteiger partial charge in [-0.3, -0.25) is 14.4 Å². The molecule has 0 radical (unpaired) electrons. The second-order valence-electron chi connectivity index (χ2n) is 13.6. The molecule has 0 saturated heterocycles. The SMILES string of the molecule is Cc1cc(O)cc(C)c1C[C@H](N)C(=O)N1Cc2ccccc2C[C@H]1C(=O)NCCCC[C@H](NC(=O)OCc1ccccc1)C(=O)NCc1ccccc1. The summed E-state index contributed by atoms with van der Waals surface area (Å²) in [6.07, 6.45) is 1.31. The van der Waals surface area contributed by atoms with Crippen molar-refractivity contribution >= 4 is 23.8 Å². The van der Waals surface area contributed by atoms with E-state index in [1.807, 2.05) is 98.8 Å². The molecular formula is C42H49N5O6. The molecule has 4 aromatic rings. The Morgan fingerprint density at radius 1 is 0.849 bits per heavy atom. The first-order valence-corrected chi connectivity index (χ1v) is 18.1. The number of phenolic OH excluding ortho intramolecular Hbond substituents is 1. The maximum atomic E-state index is 13.9. The number of benzene rings is 4. The van der Waals surface area contributed by atoms with E-state index in [0.717, 1.165) is 38.9 Å². The van der Waals surface area contributed by atoms with Crippen LogP contribution in [0.4, 0.5) is 4.79 Å². The number of carbonyl (C=O) groups is 4. The van der Waals surface area contributed by atoms with Crippen molar-refractivity contribution in [1.29, 1.82) is 0 Å². The smallest absolute Gasteiger partial charge is 0.408 e. The first kappa shape index (κ1) is 38.5. The number of carbonyl (C=O) groups excluding carboxylic acids is 4. The van der Waals surface area contributed by atoms with Crippen molar-refractivity contribution in [3.05, 3.63) is 136 Å². The molecule has 6 N–H and O–H groups in total. The number of ether oxygens (including phenoxy) is 1. The topological polar surface area (TPSA) is 163 Å². The van der Waals surface area contributed by atoms with Crippen LogP contribution in [-0.4, -0.2) is 58.5 Å². The lowest BCUT2D eigenvalue weighted by molar-refractivity contribution is -0.142. The van der Waals surface area contributed by atoms with Gasteiger partial charge in [0.15, 0.2) is 0 Å². The molecule has 5 rings (SSSR count).